The monoisotopic (exact) mass is 340 g/mol. The summed E-state index contributed by atoms with van der Waals surface area (Å²) in [5.41, 5.74) is 4.15. The first-order valence-electron chi connectivity index (χ1n) is 9.22. The van der Waals surface area contributed by atoms with Crippen molar-refractivity contribution in [2.75, 3.05) is 13.7 Å². The normalized spacial score (nSPS) is 20.6. The summed E-state index contributed by atoms with van der Waals surface area (Å²) < 4.78 is 0. The van der Waals surface area contributed by atoms with Gasteiger partial charge in [0.25, 0.3) is 0 Å². The molecular weight excluding hydrogens is 312 g/mol. The van der Waals surface area contributed by atoms with E-state index in [9.17, 15) is 9.90 Å². The number of hydrogen-bond acceptors (Lipinski definition) is 3. The van der Waals surface area contributed by atoms with E-state index < -0.39 is 0 Å². The standard InChI is InChI=1S/C21H28N2O2/c1-14-18-6-4-5-7-20(18)22-15(2)19(14)12-21(25)23(3)17-10-8-16(13-24)9-11-17/h4-7,16-17,24H,8-13H2,1-3H3. The molecule has 0 radical (unpaired) electrons. The fraction of sp³-hybridized carbons (Fsp3) is 0.524. The highest BCUT2D eigenvalue weighted by Crippen LogP contribution is 2.28. The molecule has 0 unspecified atom stereocenters. The van der Waals surface area contributed by atoms with Crippen molar-refractivity contribution in [3.63, 3.8) is 0 Å². The molecule has 4 nitrogen and oxygen atoms in total. The summed E-state index contributed by atoms with van der Waals surface area (Å²) in [6.45, 7) is 4.35. The quantitative estimate of drug-likeness (QED) is 0.928. The fourth-order valence-corrected chi connectivity index (χ4v) is 4.03. The van der Waals surface area contributed by atoms with E-state index in [4.69, 9.17) is 0 Å². The molecule has 134 valence electrons. The lowest BCUT2D eigenvalue weighted by Gasteiger charge is -2.34. The third-order valence-electron chi connectivity index (χ3n) is 5.83. The van der Waals surface area contributed by atoms with Crippen LogP contribution in [0, 0.1) is 19.8 Å². The Bertz CT molecular complexity index is 764. The fourth-order valence-electron chi connectivity index (χ4n) is 4.03. The lowest BCUT2D eigenvalue weighted by molar-refractivity contribution is -0.132. The number of aliphatic hydroxyl groups is 1. The van der Waals surface area contributed by atoms with Crippen LogP contribution < -0.4 is 0 Å². The molecule has 1 aromatic carbocycles. The number of benzene rings is 1. The molecule has 3 rings (SSSR count). The number of para-hydroxylation sites is 1. The van der Waals surface area contributed by atoms with E-state index in [0.29, 0.717) is 18.4 Å². The second-order valence-electron chi connectivity index (χ2n) is 7.36. The largest absolute Gasteiger partial charge is 0.396 e. The van der Waals surface area contributed by atoms with Crippen LogP contribution >= 0.6 is 0 Å². The lowest BCUT2D eigenvalue weighted by atomic mass is 9.86. The number of carbonyl (C=O) groups is 1. The number of fused-ring (bicyclic) bond motifs is 1. The zero-order chi connectivity index (χ0) is 18.0. The molecule has 1 N–H and O–H groups in total. The third-order valence-corrected chi connectivity index (χ3v) is 5.83. The molecule has 2 aromatic rings. The van der Waals surface area contributed by atoms with Crippen LogP contribution in [0.2, 0.25) is 0 Å². The van der Waals surface area contributed by atoms with Crippen molar-refractivity contribution in [1.82, 2.24) is 9.88 Å². The number of likely N-dealkylation sites (N-methyl/N-ethyl adjacent to an activating group) is 1. The molecule has 4 heteroatoms. The molecule has 0 bridgehead atoms. The molecule has 1 saturated carbocycles. The Kier molecular flexibility index (Phi) is 5.38. The van der Waals surface area contributed by atoms with E-state index in [2.05, 4.69) is 18.0 Å². The Morgan fingerprint density at radius 2 is 1.88 bits per heavy atom. The number of carbonyl (C=O) groups excluding carboxylic acids is 1. The Labute approximate surface area is 149 Å². The summed E-state index contributed by atoms with van der Waals surface area (Å²) in [6.07, 6.45) is 4.40. The number of pyridine rings is 1. The summed E-state index contributed by atoms with van der Waals surface area (Å²) >= 11 is 0. The Balaban J connectivity index is 1.76. The molecule has 1 aromatic heterocycles. The molecule has 0 spiro atoms. The molecule has 1 fully saturated rings. The van der Waals surface area contributed by atoms with E-state index >= 15 is 0 Å². The minimum atomic E-state index is 0.163. The van der Waals surface area contributed by atoms with Crippen molar-refractivity contribution in [3.8, 4) is 0 Å². The van der Waals surface area contributed by atoms with Crippen LogP contribution in [0.5, 0.6) is 0 Å². The minimum Gasteiger partial charge on any atom is -0.396 e. The summed E-state index contributed by atoms with van der Waals surface area (Å²) in [5, 5.41) is 10.4. The summed E-state index contributed by atoms with van der Waals surface area (Å²) in [5.74, 6) is 0.574. The molecule has 0 aliphatic heterocycles. The number of hydrogen-bond donors (Lipinski definition) is 1. The van der Waals surface area contributed by atoms with Gasteiger partial charge in [-0.15, -0.1) is 0 Å². The van der Waals surface area contributed by atoms with Crippen molar-refractivity contribution in [2.45, 2.75) is 52.0 Å². The van der Waals surface area contributed by atoms with Crippen LogP contribution in [0.4, 0.5) is 0 Å². The van der Waals surface area contributed by atoms with Gasteiger partial charge in [-0.3, -0.25) is 9.78 Å². The Hall–Kier alpha value is -1.94. The first-order valence-corrected chi connectivity index (χ1v) is 9.22. The highest BCUT2D eigenvalue weighted by atomic mass is 16.3. The van der Waals surface area contributed by atoms with Crippen molar-refractivity contribution < 1.29 is 9.90 Å². The van der Waals surface area contributed by atoms with E-state index in [1.807, 2.05) is 37.1 Å². The number of aromatic nitrogens is 1. The van der Waals surface area contributed by atoms with Crippen LogP contribution in [0.1, 0.15) is 42.5 Å². The highest BCUT2D eigenvalue weighted by Gasteiger charge is 2.26. The van der Waals surface area contributed by atoms with Gasteiger partial charge in [0.05, 0.1) is 11.9 Å². The lowest BCUT2D eigenvalue weighted by Crippen LogP contribution is -2.40. The summed E-state index contributed by atoms with van der Waals surface area (Å²) in [4.78, 5) is 19.5. The number of nitrogens with zero attached hydrogens (tertiary/aromatic N) is 2. The second kappa shape index (κ2) is 7.52. The van der Waals surface area contributed by atoms with E-state index in [1.165, 1.54) is 0 Å². The second-order valence-corrected chi connectivity index (χ2v) is 7.36. The Morgan fingerprint density at radius 3 is 2.56 bits per heavy atom. The zero-order valence-corrected chi connectivity index (χ0v) is 15.5. The van der Waals surface area contributed by atoms with Crippen molar-refractivity contribution in [2.24, 2.45) is 5.92 Å². The zero-order valence-electron chi connectivity index (χ0n) is 15.5. The van der Waals surface area contributed by atoms with Gasteiger partial charge in [0.15, 0.2) is 0 Å². The van der Waals surface area contributed by atoms with Gasteiger partial charge in [-0.25, -0.2) is 0 Å². The number of amides is 1. The van der Waals surface area contributed by atoms with Crippen LogP contribution in [-0.2, 0) is 11.2 Å². The first-order chi connectivity index (χ1) is 12.0. The molecular formula is C21H28N2O2. The maximum Gasteiger partial charge on any atom is 0.227 e. The predicted octanol–water partition coefficient (Wildman–Crippen LogP) is 3.40. The van der Waals surface area contributed by atoms with Gasteiger partial charge in [0.2, 0.25) is 5.91 Å². The van der Waals surface area contributed by atoms with E-state index in [0.717, 1.165) is 53.4 Å². The van der Waals surface area contributed by atoms with Gasteiger partial charge in [0, 0.05) is 30.8 Å². The van der Waals surface area contributed by atoms with Gasteiger partial charge >= 0.3 is 0 Å². The van der Waals surface area contributed by atoms with Crippen LogP contribution in [-0.4, -0.2) is 40.6 Å². The molecule has 0 atom stereocenters. The van der Waals surface area contributed by atoms with Gasteiger partial charge in [-0.05, 0) is 62.6 Å². The van der Waals surface area contributed by atoms with Gasteiger partial charge in [-0.1, -0.05) is 18.2 Å². The number of rotatable bonds is 4. The molecule has 1 aliphatic rings. The molecule has 0 saturated heterocycles. The Morgan fingerprint density at radius 1 is 1.20 bits per heavy atom. The third kappa shape index (κ3) is 3.69. The average Bonchev–Trinajstić information content (AvgIpc) is 2.64. The van der Waals surface area contributed by atoms with Gasteiger partial charge in [0.1, 0.15) is 0 Å². The summed E-state index contributed by atoms with van der Waals surface area (Å²) in [7, 11) is 1.92. The van der Waals surface area contributed by atoms with E-state index in [-0.39, 0.29) is 12.5 Å². The topological polar surface area (TPSA) is 53.4 Å². The van der Waals surface area contributed by atoms with Crippen molar-refractivity contribution >= 4 is 16.8 Å². The minimum absolute atomic E-state index is 0.163. The number of aliphatic hydroxyl groups excluding tert-OH is 1. The van der Waals surface area contributed by atoms with Crippen LogP contribution in [0.15, 0.2) is 24.3 Å². The smallest absolute Gasteiger partial charge is 0.227 e. The molecule has 1 heterocycles. The van der Waals surface area contributed by atoms with Crippen molar-refractivity contribution in [3.05, 3.63) is 41.1 Å². The van der Waals surface area contributed by atoms with Gasteiger partial charge < -0.3 is 10.0 Å². The van der Waals surface area contributed by atoms with Crippen LogP contribution in [0.25, 0.3) is 10.9 Å². The highest BCUT2D eigenvalue weighted by molar-refractivity contribution is 5.86. The summed E-state index contributed by atoms with van der Waals surface area (Å²) in [6, 6.07) is 8.40. The number of aryl methyl sites for hydroxylation is 2. The first kappa shape index (κ1) is 17.9. The molecule has 1 aliphatic carbocycles. The SMILES string of the molecule is Cc1nc2ccccc2c(C)c1CC(=O)N(C)C1CCC(CO)CC1. The predicted molar refractivity (Wildman–Crippen MR) is 101 cm³/mol. The van der Waals surface area contributed by atoms with Crippen molar-refractivity contribution in [1.29, 1.82) is 0 Å². The molecule has 25 heavy (non-hydrogen) atoms. The maximum absolute atomic E-state index is 12.9. The average molecular weight is 340 g/mol. The van der Waals surface area contributed by atoms with Gasteiger partial charge in [-0.2, -0.15) is 0 Å². The molecule has 1 amide bonds. The van der Waals surface area contributed by atoms with Crippen LogP contribution in [0.3, 0.4) is 0 Å². The van der Waals surface area contributed by atoms with E-state index in [1.54, 1.807) is 0 Å². The maximum atomic E-state index is 12.9.